The number of hydrogen-bond donors (Lipinski definition) is 2. The second-order valence-corrected chi connectivity index (χ2v) is 4.21. The van der Waals surface area contributed by atoms with Gasteiger partial charge in [0, 0.05) is 6.07 Å². The maximum absolute atomic E-state index is 11.3. The quantitative estimate of drug-likeness (QED) is 0.600. The van der Waals surface area contributed by atoms with Gasteiger partial charge in [-0.2, -0.15) is 0 Å². The van der Waals surface area contributed by atoms with E-state index >= 15 is 0 Å². The van der Waals surface area contributed by atoms with Crippen LogP contribution in [-0.2, 0) is 9.59 Å². The molecule has 0 unspecified atom stereocenters. The highest BCUT2D eigenvalue weighted by molar-refractivity contribution is 5.86. The zero-order valence-electron chi connectivity index (χ0n) is 12.2. The van der Waals surface area contributed by atoms with Crippen LogP contribution in [-0.4, -0.2) is 25.0 Å². The van der Waals surface area contributed by atoms with Gasteiger partial charge in [0.15, 0.2) is 0 Å². The molecule has 1 aromatic rings. The summed E-state index contributed by atoms with van der Waals surface area (Å²) in [6.45, 7) is 3.48. The van der Waals surface area contributed by atoms with Gasteiger partial charge < -0.3 is 20.9 Å². The van der Waals surface area contributed by atoms with Crippen LogP contribution in [0.3, 0.4) is 0 Å². The molecule has 1 aromatic carbocycles. The largest absolute Gasteiger partial charge is 0.425 e. The zero-order chi connectivity index (χ0) is 14.4. The average Bonchev–Trinajstić information content (AvgIpc) is 2.38. The van der Waals surface area contributed by atoms with E-state index in [1.54, 1.807) is 12.1 Å². The summed E-state index contributed by atoms with van der Waals surface area (Å²) >= 11 is 0. The summed E-state index contributed by atoms with van der Waals surface area (Å²) in [7, 11) is 0. The molecule has 0 heterocycles. The fourth-order valence-corrected chi connectivity index (χ4v) is 1.48. The Bertz CT molecular complexity index is 484. The Hall–Kier alpha value is -1.05. The Morgan fingerprint density at radius 1 is 1.00 bits per heavy atom. The number of carbonyl (C=O) groups excluding carboxylic acids is 2. The lowest BCUT2D eigenvalue weighted by atomic mass is 10.0. The molecule has 0 aromatic heterocycles. The predicted octanol–water partition coefficient (Wildman–Crippen LogP) is 1.80. The number of esters is 2. The van der Waals surface area contributed by atoms with E-state index in [1.165, 1.54) is 6.07 Å². The SMILES string of the molecule is CC(C)c1ccc(OC(=O)CN)cc1OC(=O)CN.Cl.Cl.Cl. The molecule has 22 heavy (non-hydrogen) atoms. The van der Waals surface area contributed by atoms with Crippen LogP contribution in [0, 0.1) is 0 Å². The van der Waals surface area contributed by atoms with Gasteiger partial charge in [0.05, 0.1) is 13.1 Å². The number of rotatable bonds is 5. The van der Waals surface area contributed by atoms with E-state index in [9.17, 15) is 9.59 Å². The highest BCUT2D eigenvalue weighted by atomic mass is 35.5. The summed E-state index contributed by atoms with van der Waals surface area (Å²) in [4.78, 5) is 22.4. The van der Waals surface area contributed by atoms with Crippen molar-refractivity contribution in [1.82, 2.24) is 0 Å². The highest BCUT2D eigenvalue weighted by Crippen LogP contribution is 2.30. The fourth-order valence-electron chi connectivity index (χ4n) is 1.48. The normalized spacial score (nSPS) is 8.95. The molecule has 1 rings (SSSR count). The minimum atomic E-state index is -0.562. The van der Waals surface area contributed by atoms with Gasteiger partial charge >= 0.3 is 11.9 Å². The first kappa shape index (κ1) is 25.9. The molecule has 0 saturated carbocycles. The fraction of sp³-hybridized carbons (Fsp3) is 0.385. The Morgan fingerprint density at radius 3 is 1.95 bits per heavy atom. The average molecular weight is 376 g/mol. The predicted molar refractivity (Wildman–Crippen MR) is 91.7 cm³/mol. The van der Waals surface area contributed by atoms with Crippen LogP contribution >= 0.6 is 37.2 Å². The molecule has 0 atom stereocenters. The minimum absolute atomic E-state index is 0. The summed E-state index contributed by atoms with van der Waals surface area (Å²) in [5, 5.41) is 0. The number of carbonyl (C=O) groups is 2. The molecule has 0 aliphatic rings. The van der Waals surface area contributed by atoms with E-state index in [-0.39, 0.29) is 62.0 Å². The van der Waals surface area contributed by atoms with Gasteiger partial charge in [-0.05, 0) is 17.5 Å². The van der Waals surface area contributed by atoms with Gasteiger partial charge in [-0.25, -0.2) is 0 Å². The van der Waals surface area contributed by atoms with Crippen molar-refractivity contribution < 1.29 is 19.1 Å². The van der Waals surface area contributed by atoms with Crippen LogP contribution in [0.5, 0.6) is 11.5 Å². The van der Waals surface area contributed by atoms with Gasteiger partial charge in [0.25, 0.3) is 0 Å². The smallest absolute Gasteiger partial charge is 0.325 e. The van der Waals surface area contributed by atoms with Crippen molar-refractivity contribution >= 4 is 49.2 Å². The van der Waals surface area contributed by atoms with Crippen molar-refractivity contribution in [3.63, 3.8) is 0 Å². The number of ether oxygens (including phenoxy) is 2. The molecule has 0 radical (unpaired) electrons. The maximum atomic E-state index is 11.3. The number of nitrogens with two attached hydrogens (primary N) is 2. The van der Waals surface area contributed by atoms with Crippen molar-refractivity contribution in [1.29, 1.82) is 0 Å². The third-order valence-corrected chi connectivity index (χ3v) is 2.40. The van der Waals surface area contributed by atoms with Gasteiger partial charge in [0.2, 0.25) is 0 Å². The van der Waals surface area contributed by atoms with Crippen molar-refractivity contribution in [2.24, 2.45) is 11.5 Å². The second kappa shape index (κ2) is 12.5. The monoisotopic (exact) mass is 374 g/mol. The summed E-state index contributed by atoms with van der Waals surface area (Å²) in [5.74, 6) is -0.343. The topological polar surface area (TPSA) is 105 Å². The van der Waals surface area contributed by atoms with Crippen molar-refractivity contribution in [2.45, 2.75) is 19.8 Å². The molecule has 0 fully saturated rings. The highest BCUT2D eigenvalue weighted by Gasteiger charge is 2.13. The van der Waals surface area contributed by atoms with Gasteiger partial charge in [-0.15, -0.1) is 37.2 Å². The summed E-state index contributed by atoms with van der Waals surface area (Å²) in [6, 6.07) is 4.85. The molecule has 4 N–H and O–H groups in total. The standard InChI is InChI=1S/C13H18N2O4.3ClH/c1-8(2)10-4-3-9(18-12(16)6-14)5-11(10)19-13(17)7-15;;;/h3-5,8H,6-7,14-15H2,1-2H3;3*1H. The van der Waals surface area contributed by atoms with E-state index in [4.69, 9.17) is 20.9 Å². The van der Waals surface area contributed by atoms with Crippen LogP contribution in [0.15, 0.2) is 18.2 Å². The first-order valence-corrected chi connectivity index (χ1v) is 5.93. The number of hydrogen-bond acceptors (Lipinski definition) is 6. The van der Waals surface area contributed by atoms with Gasteiger partial charge in [0.1, 0.15) is 11.5 Å². The van der Waals surface area contributed by atoms with Crippen LogP contribution in [0.25, 0.3) is 0 Å². The molecule has 0 amide bonds. The Labute approximate surface area is 148 Å². The molecule has 128 valence electrons. The van der Waals surface area contributed by atoms with Crippen LogP contribution in [0.4, 0.5) is 0 Å². The van der Waals surface area contributed by atoms with Crippen molar-refractivity contribution in [3.05, 3.63) is 23.8 Å². The molecule has 6 nitrogen and oxygen atoms in total. The number of halogens is 3. The third kappa shape index (κ3) is 7.82. The summed E-state index contributed by atoms with van der Waals surface area (Å²) < 4.78 is 10.1. The first-order chi connectivity index (χ1) is 8.97. The van der Waals surface area contributed by atoms with E-state index < -0.39 is 11.9 Å². The lowest BCUT2D eigenvalue weighted by molar-refractivity contribution is -0.133. The van der Waals surface area contributed by atoms with Crippen LogP contribution in [0.2, 0.25) is 0 Å². The molecule has 0 aliphatic carbocycles. The molecule has 0 bridgehead atoms. The maximum Gasteiger partial charge on any atom is 0.325 e. The van der Waals surface area contributed by atoms with Crippen molar-refractivity contribution in [2.75, 3.05) is 13.1 Å². The van der Waals surface area contributed by atoms with Gasteiger partial charge in [-0.1, -0.05) is 19.9 Å². The molecule has 0 spiro atoms. The Morgan fingerprint density at radius 2 is 1.50 bits per heavy atom. The van der Waals surface area contributed by atoms with E-state index in [0.29, 0.717) is 5.75 Å². The first-order valence-electron chi connectivity index (χ1n) is 5.93. The lowest BCUT2D eigenvalue weighted by Crippen LogP contribution is -2.21. The number of benzene rings is 1. The Kier molecular flexibility index (Phi) is 14.7. The lowest BCUT2D eigenvalue weighted by Gasteiger charge is -2.14. The molecular formula is C13H21Cl3N2O4. The summed E-state index contributed by atoms with van der Waals surface area (Å²) in [6.07, 6.45) is 0. The van der Waals surface area contributed by atoms with E-state index in [0.717, 1.165) is 5.56 Å². The summed E-state index contributed by atoms with van der Waals surface area (Å²) in [5.41, 5.74) is 11.2. The second-order valence-electron chi connectivity index (χ2n) is 4.21. The Balaban J connectivity index is -0.00000120. The molecular weight excluding hydrogens is 355 g/mol. The third-order valence-electron chi connectivity index (χ3n) is 2.40. The van der Waals surface area contributed by atoms with Crippen molar-refractivity contribution in [3.8, 4) is 11.5 Å². The van der Waals surface area contributed by atoms with Gasteiger partial charge in [-0.3, -0.25) is 9.59 Å². The minimum Gasteiger partial charge on any atom is -0.425 e. The van der Waals surface area contributed by atoms with Crippen LogP contribution in [0.1, 0.15) is 25.3 Å². The van der Waals surface area contributed by atoms with Crippen LogP contribution < -0.4 is 20.9 Å². The van der Waals surface area contributed by atoms with E-state index in [1.807, 2.05) is 13.8 Å². The van der Waals surface area contributed by atoms with E-state index in [2.05, 4.69) is 0 Å². The zero-order valence-corrected chi connectivity index (χ0v) is 14.7. The molecule has 0 aliphatic heterocycles. The molecule has 9 heteroatoms. The molecule has 0 saturated heterocycles.